The second-order valence-corrected chi connectivity index (χ2v) is 3.70. The van der Waals surface area contributed by atoms with Gasteiger partial charge in [0.2, 0.25) is 5.91 Å². The number of amides is 1. The summed E-state index contributed by atoms with van der Waals surface area (Å²) in [6.07, 6.45) is 0. The number of carbonyl (C=O) groups excluding carboxylic acids is 1. The molecule has 0 saturated carbocycles. The number of nitrogens with one attached hydrogen (secondary N) is 2. The molecule has 0 aliphatic rings. The van der Waals surface area contributed by atoms with Crippen LogP contribution in [0.5, 0.6) is 0 Å². The molecule has 0 fully saturated rings. The van der Waals surface area contributed by atoms with E-state index in [2.05, 4.69) is 25.9 Å². The lowest BCUT2D eigenvalue weighted by atomic mass is 9.94. The number of hydrogen-bond acceptors (Lipinski definition) is 5. The molecular weight excluding hydrogens is 196 g/mol. The maximum Gasteiger partial charge on any atom is 0.240 e. The maximum absolute atomic E-state index is 11.6. The van der Waals surface area contributed by atoms with Crippen molar-refractivity contribution in [2.24, 2.45) is 5.41 Å². The monoisotopic (exact) mass is 208 g/mol. The minimum absolute atomic E-state index is 0.359. The zero-order valence-corrected chi connectivity index (χ0v) is 8.77. The van der Waals surface area contributed by atoms with Crippen LogP contribution in [-0.4, -0.2) is 26.5 Å². The number of aromatic amines is 1. The summed E-state index contributed by atoms with van der Waals surface area (Å²) in [7, 11) is 0. The van der Waals surface area contributed by atoms with Crippen LogP contribution >= 0.6 is 0 Å². The fraction of sp³-hybridized carbons (Fsp3) is 0.625. The van der Waals surface area contributed by atoms with Gasteiger partial charge in [-0.3, -0.25) is 4.79 Å². The molecule has 1 rings (SSSR count). The highest BCUT2D eigenvalue weighted by molar-refractivity contribution is 5.84. The largest absolute Gasteiger partial charge is 0.345 e. The molecular formula is C8H12N6O. The average molecular weight is 208 g/mol. The van der Waals surface area contributed by atoms with Crippen LogP contribution in [0.2, 0.25) is 0 Å². The summed E-state index contributed by atoms with van der Waals surface area (Å²) in [6, 6.07) is 1.54. The Balaban J connectivity index is 2.65. The average Bonchev–Trinajstić information content (AvgIpc) is 2.70. The van der Waals surface area contributed by atoms with E-state index in [0.29, 0.717) is 5.82 Å². The zero-order chi connectivity index (χ0) is 11.5. The molecule has 0 spiro atoms. The van der Waals surface area contributed by atoms with Gasteiger partial charge in [0.25, 0.3) is 0 Å². The van der Waals surface area contributed by atoms with E-state index in [1.54, 1.807) is 20.8 Å². The van der Waals surface area contributed by atoms with Gasteiger partial charge in [0.05, 0.1) is 12.1 Å². The molecule has 0 aliphatic carbocycles. The zero-order valence-electron chi connectivity index (χ0n) is 8.77. The number of rotatable bonds is 3. The lowest BCUT2D eigenvalue weighted by Gasteiger charge is -2.17. The predicted molar refractivity (Wildman–Crippen MR) is 50.1 cm³/mol. The van der Waals surface area contributed by atoms with Crippen LogP contribution in [0.15, 0.2) is 0 Å². The fourth-order valence-electron chi connectivity index (χ4n) is 0.845. The van der Waals surface area contributed by atoms with E-state index in [9.17, 15) is 4.79 Å². The van der Waals surface area contributed by atoms with E-state index in [1.807, 2.05) is 6.07 Å². The van der Waals surface area contributed by atoms with E-state index < -0.39 is 5.41 Å². The van der Waals surface area contributed by atoms with Crippen molar-refractivity contribution >= 4 is 5.91 Å². The van der Waals surface area contributed by atoms with Crippen LogP contribution in [0.3, 0.4) is 0 Å². The van der Waals surface area contributed by atoms with Crippen molar-refractivity contribution in [1.82, 2.24) is 25.9 Å². The molecule has 0 bridgehead atoms. The van der Waals surface area contributed by atoms with Crippen molar-refractivity contribution in [3.63, 3.8) is 0 Å². The first-order chi connectivity index (χ1) is 6.97. The smallest absolute Gasteiger partial charge is 0.240 e. The Bertz CT molecular complexity index is 376. The highest BCUT2D eigenvalue weighted by atomic mass is 16.2. The summed E-state index contributed by atoms with van der Waals surface area (Å²) in [5.41, 5.74) is -1.06. The highest BCUT2D eigenvalue weighted by Gasteiger charge is 2.29. The number of tetrazole rings is 1. The second kappa shape index (κ2) is 4.04. The molecule has 0 aromatic carbocycles. The van der Waals surface area contributed by atoms with Gasteiger partial charge in [-0.05, 0) is 20.8 Å². The summed E-state index contributed by atoms with van der Waals surface area (Å²) in [5, 5.41) is 24.5. The lowest BCUT2D eigenvalue weighted by molar-refractivity contribution is -0.127. The fourth-order valence-corrected chi connectivity index (χ4v) is 0.845. The summed E-state index contributed by atoms with van der Waals surface area (Å²) in [6.45, 7) is 4.81. The number of aromatic nitrogens is 4. The number of nitrogens with zero attached hydrogens (tertiary/aromatic N) is 4. The Labute approximate surface area is 86.9 Å². The van der Waals surface area contributed by atoms with Crippen molar-refractivity contribution in [2.75, 3.05) is 0 Å². The van der Waals surface area contributed by atoms with Gasteiger partial charge in [0.15, 0.2) is 5.82 Å². The summed E-state index contributed by atoms with van der Waals surface area (Å²) >= 11 is 0. The molecule has 1 amide bonds. The van der Waals surface area contributed by atoms with Crippen LogP contribution in [-0.2, 0) is 4.79 Å². The van der Waals surface area contributed by atoms with E-state index >= 15 is 0 Å². The standard InChI is InChI=1S/C8H12N6O/c1-5(6-11-13-14-12-6)10-7(15)8(2,3)4-9/h5H,1-3H3,(H,10,15)(H,11,12,13,14). The SMILES string of the molecule is CC(NC(=O)C(C)(C)C#N)c1nn[nH]n1. The second-order valence-electron chi connectivity index (χ2n) is 3.70. The molecule has 7 heteroatoms. The third-order valence-electron chi connectivity index (χ3n) is 1.94. The molecule has 1 atom stereocenters. The van der Waals surface area contributed by atoms with Crippen molar-refractivity contribution in [2.45, 2.75) is 26.8 Å². The lowest BCUT2D eigenvalue weighted by Crippen LogP contribution is -2.37. The van der Waals surface area contributed by atoms with E-state index in [-0.39, 0.29) is 11.9 Å². The molecule has 1 aromatic rings. The molecule has 2 N–H and O–H groups in total. The van der Waals surface area contributed by atoms with Gasteiger partial charge in [-0.1, -0.05) is 5.21 Å². The Hall–Kier alpha value is -1.97. The highest BCUT2D eigenvalue weighted by Crippen LogP contribution is 2.15. The molecule has 1 heterocycles. The molecule has 80 valence electrons. The molecule has 0 saturated heterocycles. The first-order valence-corrected chi connectivity index (χ1v) is 4.43. The van der Waals surface area contributed by atoms with E-state index in [4.69, 9.17) is 5.26 Å². The Morgan fingerprint density at radius 1 is 1.67 bits per heavy atom. The third kappa shape index (κ3) is 2.49. The van der Waals surface area contributed by atoms with Crippen LogP contribution in [0, 0.1) is 16.7 Å². The van der Waals surface area contributed by atoms with Gasteiger partial charge < -0.3 is 5.32 Å². The van der Waals surface area contributed by atoms with Crippen molar-refractivity contribution < 1.29 is 4.79 Å². The van der Waals surface area contributed by atoms with Gasteiger partial charge in [-0.2, -0.15) is 10.5 Å². The molecule has 0 radical (unpaired) electrons. The van der Waals surface area contributed by atoms with Crippen molar-refractivity contribution in [3.05, 3.63) is 5.82 Å². The van der Waals surface area contributed by atoms with Crippen LogP contribution in [0.4, 0.5) is 0 Å². The van der Waals surface area contributed by atoms with Crippen molar-refractivity contribution in [1.29, 1.82) is 5.26 Å². The Morgan fingerprint density at radius 2 is 2.33 bits per heavy atom. The maximum atomic E-state index is 11.6. The number of hydrogen-bond donors (Lipinski definition) is 2. The van der Waals surface area contributed by atoms with Gasteiger partial charge in [0, 0.05) is 0 Å². The van der Waals surface area contributed by atoms with Gasteiger partial charge in [-0.15, -0.1) is 10.2 Å². The van der Waals surface area contributed by atoms with E-state index in [0.717, 1.165) is 0 Å². The van der Waals surface area contributed by atoms with Crippen molar-refractivity contribution in [3.8, 4) is 6.07 Å². The quantitative estimate of drug-likeness (QED) is 0.722. The summed E-state index contributed by atoms with van der Waals surface area (Å²) in [4.78, 5) is 11.6. The summed E-state index contributed by atoms with van der Waals surface area (Å²) < 4.78 is 0. The number of H-pyrrole nitrogens is 1. The summed E-state index contributed by atoms with van der Waals surface area (Å²) in [5.74, 6) is 0.0272. The first-order valence-electron chi connectivity index (χ1n) is 4.43. The van der Waals surface area contributed by atoms with Gasteiger partial charge >= 0.3 is 0 Å². The normalized spacial score (nSPS) is 12.9. The van der Waals surface area contributed by atoms with E-state index in [1.165, 1.54) is 0 Å². The predicted octanol–water partition coefficient (Wildman–Crippen LogP) is -0.0733. The molecule has 0 aliphatic heterocycles. The van der Waals surface area contributed by atoms with Gasteiger partial charge in [-0.25, -0.2) is 0 Å². The minimum Gasteiger partial charge on any atom is -0.345 e. The third-order valence-corrected chi connectivity index (χ3v) is 1.94. The molecule has 15 heavy (non-hydrogen) atoms. The number of nitriles is 1. The molecule has 1 aromatic heterocycles. The molecule has 7 nitrogen and oxygen atoms in total. The van der Waals surface area contributed by atoms with Crippen LogP contribution < -0.4 is 5.32 Å². The Morgan fingerprint density at radius 3 is 2.80 bits per heavy atom. The van der Waals surface area contributed by atoms with Crippen LogP contribution in [0.25, 0.3) is 0 Å². The minimum atomic E-state index is -1.06. The first kappa shape index (κ1) is 11.1. The van der Waals surface area contributed by atoms with Crippen LogP contribution in [0.1, 0.15) is 32.6 Å². The topological polar surface area (TPSA) is 107 Å². The number of carbonyl (C=O) groups is 1. The molecule has 1 unspecified atom stereocenters. The Kier molecular flexibility index (Phi) is 2.99. The van der Waals surface area contributed by atoms with Gasteiger partial charge in [0.1, 0.15) is 5.41 Å².